The Morgan fingerprint density at radius 1 is 1.24 bits per heavy atom. The van der Waals surface area contributed by atoms with Crippen molar-refractivity contribution in [2.24, 2.45) is 0 Å². The lowest BCUT2D eigenvalue weighted by molar-refractivity contribution is 0.102. The first-order valence-corrected chi connectivity index (χ1v) is 6.60. The van der Waals surface area contributed by atoms with Gasteiger partial charge in [-0.05, 0) is 37.6 Å². The van der Waals surface area contributed by atoms with Gasteiger partial charge in [0.05, 0.1) is 11.7 Å². The number of phenolic OH excluding ortho intramolecular Hbond substituents is 1. The molecule has 0 spiro atoms. The predicted octanol–water partition coefficient (Wildman–Crippen LogP) is 3.14. The van der Waals surface area contributed by atoms with Crippen molar-refractivity contribution in [1.82, 2.24) is 10.2 Å². The van der Waals surface area contributed by atoms with Crippen molar-refractivity contribution in [1.29, 1.82) is 0 Å². The molecule has 5 nitrogen and oxygen atoms in total. The zero-order valence-electron chi connectivity index (χ0n) is 11.8. The van der Waals surface area contributed by atoms with Gasteiger partial charge in [0.15, 0.2) is 0 Å². The molecule has 0 saturated heterocycles. The lowest BCUT2D eigenvalue weighted by atomic mass is 10.1. The van der Waals surface area contributed by atoms with Crippen molar-refractivity contribution >= 4 is 22.5 Å². The molecule has 5 heteroatoms. The summed E-state index contributed by atoms with van der Waals surface area (Å²) in [5, 5.41) is 20.5. The van der Waals surface area contributed by atoms with E-state index in [4.69, 9.17) is 0 Å². The molecule has 0 aliphatic carbocycles. The van der Waals surface area contributed by atoms with Gasteiger partial charge in [-0.15, -0.1) is 0 Å². The monoisotopic (exact) mass is 281 g/mol. The van der Waals surface area contributed by atoms with E-state index >= 15 is 0 Å². The fourth-order valence-electron chi connectivity index (χ4n) is 2.24. The molecule has 0 saturated carbocycles. The maximum atomic E-state index is 12.3. The Labute approximate surface area is 121 Å². The zero-order chi connectivity index (χ0) is 15.0. The predicted molar refractivity (Wildman–Crippen MR) is 81.6 cm³/mol. The summed E-state index contributed by atoms with van der Waals surface area (Å²) < 4.78 is 0. The summed E-state index contributed by atoms with van der Waals surface area (Å²) in [6, 6.07) is 8.90. The SMILES string of the molecule is Cc1ccc(NC(=O)c2ccc3cn[nH]c3c2)c(C)c1O. The van der Waals surface area contributed by atoms with Crippen LogP contribution in [0.4, 0.5) is 5.69 Å². The quantitative estimate of drug-likeness (QED) is 0.675. The van der Waals surface area contributed by atoms with Crippen LogP contribution >= 0.6 is 0 Å². The van der Waals surface area contributed by atoms with E-state index < -0.39 is 0 Å². The van der Waals surface area contributed by atoms with Crippen LogP contribution in [0.1, 0.15) is 21.5 Å². The van der Waals surface area contributed by atoms with Crippen LogP contribution in [0.2, 0.25) is 0 Å². The number of fused-ring (bicyclic) bond motifs is 1. The summed E-state index contributed by atoms with van der Waals surface area (Å²) in [7, 11) is 0. The number of aromatic hydroxyl groups is 1. The molecule has 0 aliphatic rings. The minimum absolute atomic E-state index is 0.205. The Kier molecular flexibility index (Phi) is 3.10. The van der Waals surface area contributed by atoms with E-state index in [2.05, 4.69) is 15.5 Å². The van der Waals surface area contributed by atoms with E-state index in [0.29, 0.717) is 16.8 Å². The molecule has 2 aromatic carbocycles. The lowest BCUT2D eigenvalue weighted by Gasteiger charge is -2.11. The number of benzene rings is 2. The first-order chi connectivity index (χ1) is 10.1. The molecule has 0 fully saturated rings. The number of hydrogen-bond donors (Lipinski definition) is 3. The number of carbonyl (C=O) groups excluding carboxylic acids is 1. The van der Waals surface area contributed by atoms with Crippen molar-refractivity contribution in [2.45, 2.75) is 13.8 Å². The second-order valence-corrected chi connectivity index (χ2v) is 5.03. The van der Waals surface area contributed by atoms with E-state index in [-0.39, 0.29) is 11.7 Å². The third-order valence-electron chi connectivity index (χ3n) is 3.59. The number of carbonyl (C=O) groups is 1. The molecule has 0 bridgehead atoms. The second-order valence-electron chi connectivity index (χ2n) is 5.03. The van der Waals surface area contributed by atoms with Crippen molar-refractivity contribution < 1.29 is 9.90 Å². The number of rotatable bonds is 2. The van der Waals surface area contributed by atoms with Crippen molar-refractivity contribution in [2.75, 3.05) is 5.32 Å². The van der Waals surface area contributed by atoms with Crippen LogP contribution in [-0.2, 0) is 0 Å². The molecule has 3 aromatic rings. The highest BCUT2D eigenvalue weighted by Gasteiger charge is 2.11. The van der Waals surface area contributed by atoms with Crippen molar-refractivity contribution in [3.63, 3.8) is 0 Å². The van der Waals surface area contributed by atoms with Gasteiger partial charge >= 0.3 is 0 Å². The Morgan fingerprint density at radius 3 is 2.86 bits per heavy atom. The van der Waals surface area contributed by atoms with Gasteiger partial charge in [-0.2, -0.15) is 5.10 Å². The first kappa shape index (κ1) is 13.2. The molecule has 0 aliphatic heterocycles. The molecule has 1 aromatic heterocycles. The molecule has 21 heavy (non-hydrogen) atoms. The molecule has 106 valence electrons. The number of H-pyrrole nitrogens is 1. The van der Waals surface area contributed by atoms with Gasteiger partial charge in [0.2, 0.25) is 0 Å². The number of anilines is 1. The minimum atomic E-state index is -0.224. The second kappa shape index (κ2) is 4.94. The number of hydrogen-bond acceptors (Lipinski definition) is 3. The third kappa shape index (κ3) is 2.33. The van der Waals surface area contributed by atoms with E-state index in [0.717, 1.165) is 16.5 Å². The van der Waals surface area contributed by atoms with Gasteiger partial charge in [0.25, 0.3) is 5.91 Å². The molecular weight excluding hydrogens is 266 g/mol. The fourth-order valence-corrected chi connectivity index (χ4v) is 2.24. The van der Waals surface area contributed by atoms with Crippen LogP contribution in [0.15, 0.2) is 36.5 Å². The number of nitrogens with zero attached hydrogens (tertiary/aromatic N) is 1. The Morgan fingerprint density at radius 2 is 2.05 bits per heavy atom. The van der Waals surface area contributed by atoms with Crippen molar-refractivity contribution in [3.8, 4) is 5.75 Å². The van der Waals surface area contributed by atoms with E-state index in [1.165, 1.54) is 0 Å². The van der Waals surface area contributed by atoms with Crippen LogP contribution in [0.3, 0.4) is 0 Å². The number of nitrogens with one attached hydrogen (secondary N) is 2. The highest BCUT2D eigenvalue weighted by atomic mass is 16.3. The van der Waals surface area contributed by atoms with Crippen LogP contribution in [0.5, 0.6) is 5.75 Å². The highest BCUT2D eigenvalue weighted by Crippen LogP contribution is 2.28. The smallest absolute Gasteiger partial charge is 0.255 e. The van der Waals surface area contributed by atoms with Gasteiger partial charge < -0.3 is 10.4 Å². The molecule has 1 heterocycles. The van der Waals surface area contributed by atoms with Gasteiger partial charge in [0.1, 0.15) is 5.75 Å². The summed E-state index contributed by atoms with van der Waals surface area (Å²) in [4.78, 5) is 12.3. The third-order valence-corrected chi connectivity index (χ3v) is 3.59. The van der Waals surface area contributed by atoms with E-state index in [9.17, 15) is 9.90 Å². The summed E-state index contributed by atoms with van der Waals surface area (Å²) >= 11 is 0. The number of amides is 1. The van der Waals surface area contributed by atoms with Crippen LogP contribution in [-0.4, -0.2) is 21.2 Å². The summed E-state index contributed by atoms with van der Waals surface area (Å²) in [5.74, 6) is -0.0188. The molecule has 1 amide bonds. The van der Waals surface area contributed by atoms with Gasteiger partial charge in [-0.1, -0.05) is 12.1 Å². The average molecular weight is 281 g/mol. The molecule has 0 atom stereocenters. The van der Waals surface area contributed by atoms with Gasteiger partial charge in [-0.3, -0.25) is 9.89 Å². The number of aromatic amines is 1. The Bertz CT molecular complexity index is 837. The van der Waals surface area contributed by atoms with Gasteiger partial charge in [-0.25, -0.2) is 0 Å². The van der Waals surface area contributed by atoms with Crippen LogP contribution in [0.25, 0.3) is 10.9 Å². The van der Waals surface area contributed by atoms with Crippen LogP contribution < -0.4 is 5.32 Å². The maximum Gasteiger partial charge on any atom is 0.255 e. The summed E-state index contributed by atoms with van der Waals surface area (Å²) in [6.45, 7) is 3.59. The topological polar surface area (TPSA) is 78.0 Å². The molecule has 3 N–H and O–H groups in total. The molecule has 0 unspecified atom stereocenters. The normalized spacial score (nSPS) is 10.8. The summed E-state index contributed by atoms with van der Waals surface area (Å²) in [6.07, 6.45) is 1.71. The fraction of sp³-hybridized carbons (Fsp3) is 0.125. The van der Waals surface area contributed by atoms with E-state index in [1.54, 1.807) is 37.4 Å². The summed E-state index contributed by atoms with van der Waals surface area (Å²) in [5.41, 5.74) is 3.39. The standard InChI is InChI=1S/C16H15N3O2/c1-9-3-6-13(10(2)15(9)20)18-16(21)11-4-5-12-8-17-19-14(12)7-11/h3-8,20H,1-2H3,(H,17,19)(H,18,21). The zero-order valence-corrected chi connectivity index (χ0v) is 11.8. The molecule has 0 radical (unpaired) electrons. The average Bonchev–Trinajstić information content (AvgIpc) is 2.95. The Hall–Kier alpha value is -2.82. The molecular formula is C16H15N3O2. The Balaban J connectivity index is 1.91. The minimum Gasteiger partial charge on any atom is -0.507 e. The maximum absolute atomic E-state index is 12.3. The molecule has 3 rings (SSSR count). The number of aromatic nitrogens is 2. The largest absolute Gasteiger partial charge is 0.507 e. The van der Waals surface area contributed by atoms with Crippen molar-refractivity contribution in [3.05, 3.63) is 53.2 Å². The van der Waals surface area contributed by atoms with E-state index in [1.807, 2.05) is 13.0 Å². The number of phenols is 1. The lowest BCUT2D eigenvalue weighted by Crippen LogP contribution is -2.12. The highest BCUT2D eigenvalue weighted by molar-refractivity contribution is 6.06. The first-order valence-electron chi connectivity index (χ1n) is 6.60. The van der Waals surface area contributed by atoms with Crippen LogP contribution in [0, 0.1) is 13.8 Å². The van der Waals surface area contributed by atoms with Gasteiger partial charge in [0, 0.05) is 22.2 Å². The number of aryl methyl sites for hydroxylation is 1.